The van der Waals surface area contributed by atoms with Crippen LogP contribution in [0.3, 0.4) is 0 Å². The molecule has 1 rings (SSSR count). The molecule has 1 heteroatoms. The standard InChI is InChI=1S/C9H11B/c1-2-9(10)8-6-4-3-5-7-8/h2-7,9H,1,10H2. The van der Waals surface area contributed by atoms with Crippen LogP contribution in [0.25, 0.3) is 0 Å². The van der Waals surface area contributed by atoms with Crippen molar-refractivity contribution in [2.24, 2.45) is 0 Å². The fourth-order valence-corrected chi connectivity index (χ4v) is 0.893. The highest BCUT2D eigenvalue weighted by Gasteiger charge is 1.96. The minimum absolute atomic E-state index is 0.473. The summed E-state index contributed by atoms with van der Waals surface area (Å²) in [6.07, 6.45) is 1.95. The van der Waals surface area contributed by atoms with E-state index in [1.54, 1.807) is 0 Å². The Hall–Kier alpha value is -0.975. The van der Waals surface area contributed by atoms with Gasteiger partial charge in [-0.3, -0.25) is 0 Å². The highest BCUT2D eigenvalue weighted by molar-refractivity contribution is 6.13. The van der Waals surface area contributed by atoms with E-state index < -0.39 is 0 Å². The molecule has 1 aromatic carbocycles. The number of hydrogen-bond donors (Lipinski definition) is 0. The largest absolute Gasteiger partial charge is 0.116 e. The Balaban J connectivity index is 2.84. The van der Waals surface area contributed by atoms with E-state index in [4.69, 9.17) is 0 Å². The van der Waals surface area contributed by atoms with E-state index in [-0.39, 0.29) is 0 Å². The van der Waals surface area contributed by atoms with Gasteiger partial charge >= 0.3 is 0 Å². The zero-order valence-corrected chi connectivity index (χ0v) is 6.25. The van der Waals surface area contributed by atoms with Crippen molar-refractivity contribution in [3.8, 4) is 0 Å². The topological polar surface area (TPSA) is 0 Å². The van der Waals surface area contributed by atoms with Gasteiger partial charge in [0.05, 0.1) is 0 Å². The van der Waals surface area contributed by atoms with Crippen LogP contribution in [0.2, 0.25) is 0 Å². The molecule has 0 aromatic heterocycles. The molecule has 0 aliphatic heterocycles. The Kier molecular flexibility index (Phi) is 2.32. The smallest absolute Gasteiger partial charge is 0.103 e. The Morgan fingerprint density at radius 2 is 1.90 bits per heavy atom. The third-order valence-electron chi connectivity index (χ3n) is 1.68. The van der Waals surface area contributed by atoms with Gasteiger partial charge < -0.3 is 0 Å². The summed E-state index contributed by atoms with van der Waals surface area (Å²) < 4.78 is 0. The minimum Gasteiger partial charge on any atom is -0.103 e. The van der Waals surface area contributed by atoms with Gasteiger partial charge in [-0.25, -0.2) is 0 Å². The number of hydrogen-bond acceptors (Lipinski definition) is 0. The molecule has 0 saturated heterocycles. The average Bonchev–Trinajstić information content (AvgIpc) is 2.05. The summed E-state index contributed by atoms with van der Waals surface area (Å²) >= 11 is 0. The second-order valence-electron chi connectivity index (χ2n) is 2.44. The molecule has 1 aromatic rings. The third-order valence-corrected chi connectivity index (χ3v) is 1.68. The van der Waals surface area contributed by atoms with E-state index in [0.717, 1.165) is 0 Å². The molecule has 0 nitrogen and oxygen atoms in total. The first-order valence-electron chi connectivity index (χ1n) is 3.52. The van der Waals surface area contributed by atoms with Crippen molar-refractivity contribution in [3.63, 3.8) is 0 Å². The van der Waals surface area contributed by atoms with E-state index in [0.29, 0.717) is 5.82 Å². The Morgan fingerprint density at radius 1 is 1.30 bits per heavy atom. The van der Waals surface area contributed by atoms with Crippen molar-refractivity contribution in [3.05, 3.63) is 48.6 Å². The molecule has 1 unspecified atom stereocenters. The molecule has 0 bridgehead atoms. The van der Waals surface area contributed by atoms with Crippen LogP contribution in [0.15, 0.2) is 43.0 Å². The first-order valence-corrected chi connectivity index (χ1v) is 3.52. The molecule has 50 valence electrons. The summed E-state index contributed by atoms with van der Waals surface area (Å²) in [4.78, 5) is 0. The van der Waals surface area contributed by atoms with Gasteiger partial charge in [0.25, 0.3) is 0 Å². The van der Waals surface area contributed by atoms with Gasteiger partial charge in [0, 0.05) is 0 Å². The van der Waals surface area contributed by atoms with Gasteiger partial charge in [0.15, 0.2) is 0 Å². The van der Waals surface area contributed by atoms with Crippen LogP contribution in [-0.2, 0) is 0 Å². The van der Waals surface area contributed by atoms with Crippen molar-refractivity contribution in [1.82, 2.24) is 0 Å². The molecule has 1 atom stereocenters. The van der Waals surface area contributed by atoms with Crippen LogP contribution in [0.4, 0.5) is 0 Å². The maximum absolute atomic E-state index is 3.74. The van der Waals surface area contributed by atoms with Crippen LogP contribution in [-0.4, -0.2) is 7.85 Å². The zero-order chi connectivity index (χ0) is 7.40. The molecular formula is C9H11B. The van der Waals surface area contributed by atoms with Crippen molar-refractivity contribution in [1.29, 1.82) is 0 Å². The van der Waals surface area contributed by atoms with Gasteiger partial charge in [-0.1, -0.05) is 36.4 Å². The average molecular weight is 130 g/mol. The summed E-state index contributed by atoms with van der Waals surface area (Å²) in [7, 11) is 2.14. The first-order chi connectivity index (χ1) is 4.84. The predicted octanol–water partition coefficient (Wildman–Crippen LogP) is 1.55. The SMILES string of the molecule is BC(C=C)c1ccccc1. The lowest BCUT2D eigenvalue weighted by Gasteiger charge is -2.03. The maximum atomic E-state index is 3.74. The normalized spacial score (nSPS) is 12.4. The van der Waals surface area contributed by atoms with Crippen LogP contribution < -0.4 is 0 Å². The fourth-order valence-electron chi connectivity index (χ4n) is 0.893. The second-order valence-corrected chi connectivity index (χ2v) is 2.44. The van der Waals surface area contributed by atoms with Crippen molar-refractivity contribution in [2.45, 2.75) is 5.82 Å². The summed E-state index contributed by atoms with van der Waals surface area (Å²) in [5.41, 5.74) is 1.33. The molecule has 0 spiro atoms. The molecular weight excluding hydrogens is 119 g/mol. The quantitative estimate of drug-likeness (QED) is 0.420. The summed E-state index contributed by atoms with van der Waals surface area (Å²) in [6.45, 7) is 3.74. The highest BCUT2D eigenvalue weighted by atomic mass is 14.0. The summed E-state index contributed by atoms with van der Waals surface area (Å²) in [5.74, 6) is 0.473. The molecule has 0 N–H and O–H groups in total. The van der Waals surface area contributed by atoms with Gasteiger partial charge in [0.2, 0.25) is 0 Å². The van der Waals surface area contributed by atoms with Crippen LogP contribution in [0.5, 0.6) is 0 Å². The van der Waals surface area contributed by atoms with Crippen molar-refractivity contribution < 1.29 is 0 Å². The summed E-state index contributed by atoms with van der Waals surface area (Å²) in [6, 6.07) is 10.4. The fraction of sp³-hybridized carbons (Fsp3) is 0.111. The van der Waals surface area contributed by atoms with Crippen LogP contribution in [0, 0.1) is 0 Å². The van der Waals surface area contributed by atoms with Gasteiger partial charge in [-0.05, 0) is 11.4 Å². The summed E-state index contributed by atoms with van der Waals surface area (Å²) in [5, 5.41) is 0. The van der Waals surface area contributed by atoms with Crippen LogP contribution >= 0.6 is 0 Å². The van der Waals surface area contributed by atoms with Gasteiger partial charge in [0.1, 0.15) is 7.85 Å². The predicted molar refractivity (Wildman–Crippen MR) is 47.9 cm³/mol. The van der Waals surface area contributed by atoms with E-state index in [1.807, 2.05) is 12.1 Å². The van der Waals surface area contributed by atoms with E-state index in [2.05, 4.69) is 38.7 Å². The van der Waals surface area contributed by atoms with E-state index >= 15 is 0 Å². The first kappa shape index (κ1) is 7.14. The number of allylic oxidation sites excluding steroid dienone is 1. The van der Waals surface area contributed by atoms with Crippen molar-refractivity contribution in [2.75, 3.05) is 0 Å². The highest BCUT2D eigenvalue weighted by Crippen LogP contribution is 2.10. The Bertz CT molecular complexity index is 203. The Morgan fingerprint density at radius 3 is 2.40 bits per heavy atom. The molecule has 0 aliphatic carbocycles. The molecule has 10 heavy (non-hydrogen) atoms. The molecule has 0 heterocycles. The second kappa shape index (κ2) is 3.26. The van der Waals surface area contributed by atoms with Crippen LogP contribution in [0.1, 0.15) is 11.4 Å². The molecule has 0 aliphatic rings. The number of benzene rings is 1. The van der Waals surface area contributed by atoms with E-state index in [9.17, 15) is 0 Å². The molecule has 0 fully saturated rings. The zero-order valence-electron chi connectivity index (χ0n) is 6.25. The minimum atomic E-state index is 0.473. The van der Waals surface area contributed by atoms with E-state index in [1.165, 1.54) is 5.56 Å². The van der Waals surface area contributed by atoms with Crippen molar-refractivity contribution >= 4 is 7.85 Å². The molecule has 0 saturated carbocycles. The lowest BCUT2D eigenvalue weighted by molar-refractivity contribution is 1.22. The lowest BCUT2D eigenvalue weighted by atomic mass is 9.81. The third kappa shape index (κ3) is 1.50. The maximum Gasteiger partial charge on any atom is 0.116 e. The Labute approximate surface area is 63.0 Å². The lowest BCUT2D eigenvalue weighted by Crippen LogP contribution is -1.91. The van der Waals surface area contributed by atoms with Gasteiger partial charge in [-0.2, -0.15) is 0 Å². The monoisotopic (exact) mass is 130 g/mol. The molecule has 0 amide bonds. The molecule has 0 radical (unpaired) electrons. The number of rotatable bonds is 2. The van der Waals surface area contributed by atoms with Gasteiger partial charge in [-0.15, -0.1) is 6.58 Å².